The molecule has 2 aromatic rings. The van der Waals surface area contributed by atoms with Crippen LogP contribution in [-0.4, -0.2) is 15.8 Å². The summed E-state index contributed by atoms with van der Waals surface area (Å²) in [5.74, 6) is 3.37. The van der Waals surface area contributed by atoms with Crippen LogP contribution >= 0.6 is 15.9 Å². The first-order chi connectivity index (χ1) is 10.1. The molecule has 3 aliphatic carbocycles. The van der Waals surface area contributed by atoms with E-state index in [1.54, 1.807) is 0 Å². The van der Waals surface area contributed by atoms with Crippen molar-refractivity contribution in [2.24, 2.45) is 29.6 Å². The van der Waals surface area contributed by atoms with Crippen LogP contribution in [0, 0.1) is 29.6 Å². The topological polar surface area (TPSA) is 65.7 Å². The maximum Gasteiger partial charge on any atom is 0.323 e. The van der Waals surface area contributed by atoms with E-state index in [0.29, 0.717) is 17.4 Å². The summed E-state index contributed by atoms with van der Waals surface area (Å²) in [7, 11) is 0. The molecule has 4 unspecified atom stereocenters. The van der Waals surface area contributed by atoms with Crippen LogP contribution in [0.15, 0.2) is 21.4 Å². The first-order valence-corrected chi connectivity index (χ1v) is 8.38. The molecule has 4 nitrogen and oxygen atoms in total. The largest absolute Gasteiger partial charge is 0.323 e. The van der Waals surface area contributed by atoms with Gasteiger partial charge in [-0.15, -0.1) is 0 Å². The summed E-state index contributed by atoms with van der Waals surface area (Å²) in [4.78, 5) is 29.7. The summed E-state index contributed by atoms with van der Waals surface area (Å²) in [5, 5.41) is 0. The lowest BCUT2D eigenvalue weighted by Crippen LogP contribution is -2.10. The van der Waals surface area contributed by atoms with Crippen molar-refractivity contribution in [3.05, 3.63) is 32.7 Å². The lowest BCUT2D eigenvalue weighted by Gasteiger charge is -2.09. The van der Waals surface area contributed by atoms with Crippen molar-refractivity contribution in [1.29, 1.82) is 0 Å². The highest BCUT2D eigenvalue weighted by atomic mass is 79.9. The summed E-state index contributed by atoms with van der Waals surface area (Å²) < 4.78 is 0.785. The van der Waals surface area contributed by atoms with Crippen LogP contribution in [0.5, 0.6) is 0 Å². The highest BCUT2D eigenvalue weighted by molar-refractivity contribution is 9.10. The normalized spacial score (nSPS) is 36.1. The third-order valence-electron chi connectivity index (χ3n) is 5.91. The Kier molecular flexibility index (Phi) is 2.26. The van der Waals surface area contributed by atoms with Gasteiger partial charge >= 0.3 is 5.69 Å². The van der Waals surface area contributed by atoms with Crippen molar-refractivity contribution < 1.29 is 4.79 Å². The molecular formula is C16H15BrN2O2. The van der Waals surface area contributed by atoms with Gasteiger partial charge in [0, 0.05) is 16.0 Å². The van der Waals surface area contributed by atoms with Gasteiger partial charge < -0.3 is 9.97 Å². The number of ketones is 1. The van der Waals surface area contributed by atoms with Crippen LogP contribution in [0.2, 0.25) is 0 Å². The highest BCUT2D eigenvalue weighted by Gasteiger charge is 2.67. The predicted molar refractivity (Wildman–Crippen MR) is 82.3 cm³/mol. The quantitative estimate of drug-likeness (QED) is 0.820. The zero-order chi connectivity index (χ0) is 14.3. The van der Waals surface area contributed by atoms with Gasteiger partial charge in [0.15, 0.2) is 5.78 Å². The minimum Gasteiger partial charge on any atom is -0.306 e. The Balaban J connectivity index is 1.54. The number of hydrogen-bond acceptors (Lipinski definition) is 2. The Morgan fingerprint density at radius 2 is 1.71 bits per heavy atom. The van der Waals surface area contributed by atoms with E-state index in [0.717, 1.165) is 27.4 Å². The summed E-state index contributed by atoms with van der Waals surface area (Å²) in [6.45, 7) is 0. The number of carbonyl (C=O) groups excluding carboxylic acids is 1. The van der Waals surface area contributed by atoms with E-state index in [1.165, 1.54) is 19.3 Å². The first kappa shape index (κ1) is 12.2. The molecule has 2 N–H and O–H groups in total. The number of benzene rings is 1. The van der Waals surface area contributed by atoms with Gasteiger partial charge in [0.25, 0.3) is 0 Å². The highest BCUT2D eigenvalue weighted by Crippen LogP contribution is 2.70. The molecule has 0 radical (unpaired) electrons. The predicted octanol–water partition coefficient (Wildman–Crippen LogP) is 3.09. The standard InChI is InChI=1S/C16H15BrN2O2/c17-9-5-11-10(18-16(21)19-11)4-8(9)15(20)14-12-6-1-2-7(3-6)13(12)14/h4-7,12-14H,1-3H2,(H2,18,19,21). The molecule has 0 spiro atoms. The van der Waals surface area contributed by atoms with Gasteiger partial charge in [-0.1, -0.05) is 0 Å². The number of imidazole rings is 1. The number of halogens is 1. The van der Waals surface area contributed by atoms with Crippen LogP contribution in [0.3, 0.4) is 0 Å². The number of aromatic nitrogens is 2. The van der Waals surface area contributed by atoms with E-state index >= 15 is 0 Å². The third-order valence-corrected chi connectivity index (χ3v) is 6.56. The molecule has 0 amide bonds. The smallest absolute Gasteiger partial charge is 0.306 e. The molecule has 3 aliphatic rings. The fourth-order valence-electron chi connectivity index (χ4n) is 5.10. The molecule has 1 aromatic heterocycles. The van der Waals surface area contributed by atoms with Crippen molar-refractivity contribution in [1.82, 2.24) is 9.97 Å². The zero-order valence-corrected chi connectivity index (χ0v) is 12.9. The SMILES string of the molecule is O=C(c1cc2[nH]c(=O)[nH]c2cc1Br)C1C2C3CCC(C3)C12. The van der Waals surface area contributed by atoms with Crippen molar-refractivity contribution in [3.8, 4) is 0 Å². The van der Waals surface area contributed by atoms with E-state index in [-0.39, 0.29) is 17.4 Å². The van der Waals surface area contributed by atoms with Crippen LogP contribution in [0.25, 0.3) is 11.0 Å². The Hall–Kier alpha value is -1.36. The molecule has 1 aromatic carbocycles. The maximum absolute atomic E-state index is 12.9. The number of fused-ring (bicyclic) bond motifs is 6. The Morgan fingerprint density at radius 1 is 1.10 bits per heavy atom. The monoisotopic (exact) mass is 346 g/mol. The van der Waals surface area contributed by atoms with E-state index < -0.39 is 0 Å². The Morgan fingerprint density at radius 3 is 2.38 bits per heavy atom. The van der Waals surface area contributed by atoms with Crippen molar-refractivity contribution >= 4 is 32.7 Å². The van der Waals surface area contributed by atoms with Crippen LogP contribution in [0.4, 0.5) is 0 Å². The molecule has 5 heteroatoms. The lowest BCUT2D eigenvalue weighted by molar-refractivity contribution is 0.0944. The summed E-state index contributed by atoms with van der Waals surface area (Å²) >= 11 is 3.49. The molecule has 2 bridgehead atoms. The van der Waals surface area contributed by atoms with Crippen molar-refractivity contribution in [2.45, 2.75) is 19.3 Å². The maximum atomic E-state index is 12.9. The van der Waals surface area contributed by atoms with Crippen molar-refractivity contribution in [2.75, 3.05) is 0 Å². The number of nitrogens with one attached hydrogen (secondary N) is 2. The molecule has 1 heterocycles. The molecule has 4 atom stereocenters. The van der Waals surface area contributed by atoms with E-state index in [2.05, 4.69) is 25.9 Å². The first-order valence-electron chi connectivity index (χ1n) is 7.59. The van der Waals surface area contributed by atoms with Gasteiger partial charge in [-0.05, 0) is 71.0 Å². The van der Waals surface area contributed by atoms with Crippen molar-refractivity contribution in [3.63, 3.8) is 0 Å². The number of carbonyl (C=O) groups is 1. The second kappa shape index (κ2) is 3.88. The minimum atomic E-state index is -0.233. The summed E-state index contributed by atoms with van der Waals surface area (Å²) in [6.07, 6.45) is 3.99. The molecule has 0 saturated heterocycles. The lowest BCUT2D eigenvalue weighted by atomic mass is 9.96. The average molecular weight is 347 g/mol. The number of H-pyrrole nitrogens is 2. The fraction of sp³-hybridized carbons (Fsp3) is 0.500. The van der Waals surface area contributed by atoms with Gasteiger partial charge in [-0.2, -0.15) is 0 Å². The number of hydrogen-bond donors (Lipinski definition) is 2. The van der Waals surface area contributed by atoms with Gasteiger partial charge in [0.05, 0.1) is 11.0 Å². The van der Waals surface area contributed by atoms with Gasteiger partial charge in [-0.25, -0.2) is 4.79 Å². The summed E-state index contributed by atoms with van der Waals surface area (Å²) in [5.41, 5.74) is 1.93. The minimum absolute atomic E-state index is 0.232. The van der Waals surface area contributed by atoms with Crippen LogP contribution < -0.4 is 5.69 Å². The molecule has 108 valence electrons. The Bertz CT molecular complexity index is 820. The molecule has 0 aliphatic heterocycles. The molecule has 3 fully saturated rings. The molecule has 3 saturated carbocycles. The van der Waals surface area contributed by atoms with E-state index in [9.17, 15) is 9.59 Å². The van der Waals surface area contributed by atoms with E-state index in [1.807, 2.05) is 12.1 Å². The van der Waals surface area contributed by atoms with Crippen LogP contribution in [0.1, 0.15) is 29.6 Å². The molecular weight excluding hydrogens is 332 g/mol. The summed E-state index contributed by atoms with van der Waals surface area (Å²) in [6, 6.07) is 3.64. The van der Waals surface area contributed by atoms with E-state index in [4.69, 9.17) is 0 Å². The van der Waals surface area contributed by atoms with Gasteiger partial charge in [0.1, 0.15) is 0 Å². The van der Waals surface area contributed by atoms with Gasteiger partial charge in [0.2, 0.25) is 0 Å². The zero-order valence-electron chi connectivity index (χ0n) is 11.4. The Labute approximate surface area is 129 Å². The fourth-order valence-corrected chi connectivity index (χ4v) is 5.64. The second-order valence-electron chi connectivity index (χ2n) is 6.83. The number of rotatable bonds is 2. The number of aromatic amines is 2. The number of Topliss-reactive ketones (excluding diaryl/α,β-unsaturated/α-hetero) is 1. The van der Waals surface area contributed by atoms with Gasteiger partial charge in [-0.3, -0.25) is 4.79 Å². The second-order valence-corrected chi connectivity index (χ2v) is 7.69. The molecule has 5 rings (SSSR count). The molecule has 21 heavy (non-hydrogen) atoms. The average Bonchev–Trinajstić information content (AvgIpc) is 2.75. The third kappa shape index (κ3) is 1.55. The van der Waals surface area contributed by atoms with Crippen LogP contribution in [-0.2, 0) is 0 Å².